The molecule has 16 heavy (non-hydrogen) atoms. The summed E-state index contributed by atoms with van der Waals surface area (Å²) in [6, 6.07) is 6.35. The quantitative estimate of drug-likeness (QED) is 0.936. The Balaban J connectivity index is 2.31. The fourth-order valence-corrected chi connectivity index (χ4v) is 2.62. The Hall–Kier alpha value is -0.710. The van der Waals surface area contributed by atoms with E-state index < -0.39 is 0 Å². The van der Waals surface area contributed by atoms with E-state index in [1.165, 1.54) is 11.1 Å². The minimum absolute atomic E-state index is 0.823. The van der Waals surface area contributed by atoms with Crippen molar-refractivity contribution in [3.63, 3.8) is 0 Å². The molecule has 4 heteroatoms. The molecule has 2 rings (SSSR count). The van der Waals surface area contributed by atoms with Crippen molar-refractivity contribution in [2.24, 2.45) is 0 Å². The van der Waals surface area contributed by atoms with Gasteiger partial charge in [-0.25, -0.2) is 4.98 Å². The maximum atomic E-state index is 4.58. The van der Waals surface area contributed by atoms with Crippen LogP contribution in [0.4, 0.5) is 0 Å². The Morgan fingerprint density at radius 3 is 2.94 bits per heavy atom. The van der Waals surface area contributed by atoms with Crippen molar-refractivity contribution in [2.45, 2.75) is 13.5 Å². The zero-order chi connectivity index (χ0) is 11.5. The van der Waals surface area contributed by atoms with Gasteiger partial charge in [-0.1, -0.05) is 28.1 Å². The molecule has 0 fully saturated rings. The first kappa shape index (κ1) is 11.8. The number of rotatable bonds is 3. The second-order valence-electron chi connectivity index (χ2n) is 3.64. The number of nitrogens with zero attached hydrogens (tertiary/aromatic N) is 1. The first-order valence-electron chi connectivity index (χ1n) is 5.06. The Labute approximate surface area is 108 Å². The molecule has 2 aromatic rings. The average molecular weight is 297 g/mol. The molecule has 0 radical (unpaired) electrons. The zero-order valence-corrected chi connectivity index (χ0v) is 11.7. The van der Waals surface area contributed by atoms with Crippen molar-refractivity contribution in [1.82, 2.24) is 10.3 Å². The Bertz CT molecular complexity index is 494. The third kappa shape index (κ3) is 2.51. The van der Waals surface area contributed by atoms with Crippen LogP contribution in [0.2, 0.25) is 0 Å². The largest absolute Gasteiger partial charge is 0.314 e. The van der Waals surface area contributed by atoms with Gasteiger partial charge in [0.2, 0.25) is 0 Å². The van der Waals surface area contributed by atoms with Gasteiger partial charge < -0.3 is 5.32 Å². The Kier molecular flexibility index (Phi) is 3.74. The number of halogens is 1. The molecule has 0 aliphatic rings. The van der Waals surface area contributed by atoms with Crippen LogP contribution in [0, 0.1) is 6.92 Å². The molecule has 2 nitrogen and oxygen atoms in total. The van der Waals surface area contributed by atoms with Crippen LogP contribution in [-0.4, -0.2) is 12.0 Å². The third-order valence-electron chi connectivity index (χ3n) is 2.33. The van der Waals surface area contributed by atoms with E-state index in [9.17, 15) is 0 Å². The minimum atomic E-state index is 0.823. The molecule has 0 aliphatic heterocycles. The molecule has 0 spiro atoms. The maximum Gasteiger partial charge on any atom is 0.123 e. The van der Waals surface area contributed by atoms with Crippen molar-refractivity contribution < 1.29 is 0 Å². The molecule has 0 saturated carbocycles. The van der Waals surface area contributed by atoms with Gasteiger partial charge >= 0.3 is 0 Å². The molecule has 1 aromatic heterocycles. The van der Waals surface area contributed by atoms with Crippen molar-refractivity contribution in [1.29, 1.82) is 0 Å². The second-order valence-corrected chi connectivity index (χ2v) is 5.35. The number of hydrogen-bond acceptors (Lipinski definition) is 3. The number of nitrogens with one attached hydrogen (secondary N) is 1. The van der Waals surface area contributed by atoms with Gasteiger partial charge in [-0.05, 0) is 25.6 Å². The lowest BCUT2D eigenvalue weighted by atomic mass is 10.2. The summed E-state index contributed by atoms with van der Waals surface area (Å²) in [5, 5.41) is 6.28. The van der Waals surface area contributed by atoms with Crippen LogP contribution in [0.3, 0.4) is 0 Å². The van der Waals surface area contributed by atoms with Gasteiger partial charge in [0.1, 0.15) is 5.01 Å². The average Bonchev–Trinajstić information content (AvgIpc) is 2.71. The highest BCUT2D eigenvalue weighted by Gasteiger charge is 2.05. The summed E-state index contributed by atoms with van der Waals surface area (Å²) in [7, 11) is 1.93. The predicted molar refractivity (Wildman–Crippen MR) is 72.8 cm³/mol. The molecule has 1 heterocycles. The van der Waals surface area contributed by atoms with E-state index in [1.54, 1.807) is 11.3 Å². The maximum absolute atomic E-state index is 4.58. The lowest BCUT2D eigenvalue weighted by molar-refractivity contribution is 0.798. The van der Waals surface area contributed by atoms with Gasteiger partial charge in [-0.2, -0.15) is 0 Å². The topological polar surface area (TPSA) is 24.9 Å². The highest BCUT2D eigenvalue weighted by Crippen LogP contribution is 2.27. The standard InChI is InChI=1S/C12H13BrN2S/c1-8-3-4-9(5-11(8)13)12-15-10(6-14-2)7-16-12/h3-5,7,14H,6H2,1-2H3. The fourth-order valence-electron chi connectivity index (χ4n) is 1.43. The smallest absolute Gasteiger partial charge is 0.123 e. The molecule has 1 aromatic carbocycles. The number of aryl methyl sites for hydroxylation is 1. The van der Waals surface area contributed by atoms with E-state index in [4.69, 9.17) is 0 Å². The highest BCUT2D eigenvalue weighted by atomic mass is 79.9. The Morgan fingerprint density at radius 1 is 1.44 bits per heavy atom. The molecule has 0 aliphatic carbocycles. The normalized spacial score (nSPS) is 10.7. The summed E-state index contributed by atoms with van der Waals surface area (Å²) < 4.78 is 1.13. The van der Waals surface area contributed by atoms with Crippen LogP contribution in [0.1, 0.15) is 11.3 Å². The molecule has 0 amide bonds. The van der Waals surface area contributed by atoms with E-state index in [-0.39, 0.29) is 0 Å². The number of aromatic nitrogens is 1. The van der Waals surface area contributed by atoms with Gasteiger partial charge in [0.25, 0.3) is 0 Å². The molecular formula is C12H13BrN2S. The van der Waals surface area contributed by atoms with Crippen LogP contribution in [0.5, 0.6) is 0 Å². The molecule has 0 atom stereocenters. The molecule has 0 unspecified atom stereocenters. The van der Waals surface area contributed by atoms with Crippen molar-refractivity contribution in [3.8, 4) is 10.6 Å². The number of benzene rings is 1. The number of hydrogen-bond donors (Lipinski definition) is 1. The lowest BCUT2D eigenvalue weighted by Gasteiger charge is -2.00. The molecule has 84 valence electrons. The summed E-state index contributed by atoms with van der Waals surface area (Å²) in [6.07, 6.45) is 0. The van der Waals surface area contributed by atoms with Crippen LogP contribution in [0.25, 0.3) is 10.6 Å². The molecular weight excluding hydrogens is 284 g/mol. The van der Waals surface area contributed by atoms with E-state index >= 15 is 0 Å². The van der Waals surface area contributed by atoms with E-state index in [0.29, 0.717) is 0 Å². The van der Waals surface area contributed by atoms with Gasteiger partial charge in [0.05, 0.1) is 5.69 Å². The van der Waals surface area contributed by atoms with Gasteiger partial charge in [-0.15, -0.1) is 11.3 Å². The predicted octanol–water partition coefficient (Wildman–Crippen LogP) is 3.60. The van der Waals surface area contributed by atoms with E-state index in [1.807, 2.05) is 7.05 Å². The first-order valence-corrected chi connectivity index (χ1v) is 6.73. The summed E-state index contributed by atoms with van der Waals surface area (Å²) in [4.78, 5) is 4.58. The van der Waals surface area contributed by atoms with Gasteiger partial charge in [0, 0.05) is 22.0 Å². The lowest BCUT2D eigenvalue weighted by Crippen LogP contribution is -2.04. The van der Waals surface area contributed by atoms with E-state index in [2.05, 4.69) is 56.7 Å². The van der Waals surface area contributed by atoms with Crippen molar-refractivity contribution >= 4 is 27.3 Å². The molecule has 1 N–H and O–H groups in total. The van der Waals surface area contributed by atoms with Gasteiger partial charge in [-0.3, -0.25) is 0 Å². The fraction of sp³-hybridized carbons (Fsp3) is 0.250. The highest BCUT2D eigenvalue weighted by molar-refractivity contribution is 9.10. The van der Waals surface area contributed by atoms with Gasteiger partial charge in [0.15, 0.2) is 0 Å². The Morgan fingerprint density at radius 2 is 2.25 bits per heavy atom. The summed E-state index contributed by atoms with van der Waals surface area (Å²) in [6.45, 7) is 2.91. The zero-order valence-electron chi connectivity index (χ0n) is 9.25. The minimum Gasteiger partial charge on any atom is -0.314 e. The van der Waals surface area contributed by atoms with E-state index in [0.717, 1.165) is 21.7 Å². The SMILES string of the molecule is CNCc1csc(-c2ccc(C)c(Br)c2)n1. The monoisotopic (exact) mass is 296 g/mol. The summed E-state index contributed by atoms with van der Waals surface area (Å²) in [5.41, 5.74) is 3.51. The summed E-state index contributed by atoms with van der Waals surface area (Å²) >= 11 is 5.23. The van der Waals surface area contributed by atoms with Crippen LogP contribution in [-0.2, 0) is 6.54 Å². The molecule has 0 saturated heterocycles. The first-order chi connectivity index (χ1) is 7.70. The molecule has 0 bridgehead atoms. The van der Waals surface area contributed by atoms with Crippen LogP contribution in [0.15, 0.2) is 28.1 Å². The van der Waals surface area contributed by atoms with Crippen LogP contribution < -0.4 is 5.32 Å². The summed E-state index contributed by atoms with van der Waals surface area (Å²) in [5.74, 6) is 0. The van der Waals surface area contributed by atoms with Crippen LogP contribution >= 0.6 is 27.3 Å². The van der Waals surface area contributed by atoms with Crippen molar-refractivity contribution in [2.75, 3.05) is 7.05 Å². The third-order valence-corrected chi connectivity index (χ3v) is 4.12. The second kappa shape index (κ2) is 5.08. The number of thiazole rings is 1. The van der Waals surface area contributed by atoms with Crippen molar-refractivity contribution in [3.05, 3.63) is 39.3 Å².